The van der Waals surface area contributed by atoms with Gasteiger partial charge >= 0.3 is 6.03 Å². The third-order valence-corrected chi connectivity index (χ3v) is 3.54. The minimum Gasteiger partial charge on any atom is -0.481 e. The van der Waals surface area contributed by atoms with Gasteiger partial charge in [-0.2, -0.15) is 0 Å². The molecule has 0 atom stereocenters. The van der Waals surface area contributed by atoms with Gasteiger partial charge in [-0.15, -0.1) is 0 Å². The Morgan fingerprint density at radius 1 is 1.12 bits per heavy atom. The summed E-state index contributed by atoms with van der Waals surface area (Å²) >= 11 is 0. The number of benzene rings is 1. The standard InChI is InChI=1S/C19H24N4O3/c1-13(2)11-21-18(24)15-4-6-16(7-5-15)23-19(25)22-12-14-8-9-20-17(10-14)26-3/h4-10,13H,11-12H2,1-3H3,(H,21,24)(H2,22,23,25). The molecule has 2 rings (SSSR count). The molecular weight excluding hydrogens is 332 g/mol. The number of rotatable bonds is 7. The van der Waals surface area contributed by atoms with Gasteiger partial charge in [0.25, 0.3) is 5.91 Å². The SMILES string of the molecule is COc1cc(CNC(=O)Nc2ccc(C(=O)NCC(C)C)cc2)ccn1. The van der Waals surface area contributed by atoms with Gasteiger partial charge in [-0.3, -0.25) is 4.79 Å². The third kappa shape index (κ3) is 6.08. The molecule has 26 heavy (non-hydrogen) atoms. The highest BCUT2D eigenvalue weighted by atomic mass is 16.5. The molecule has 1 heterocycles. The number of hydrogen-bond donors (Lipinski definition) is 3. The molecule has 138 valence electrons. The van der Waals surface area contributed by atoms with E-state index in [0.29, 0.717) is 36.1 Å². The monoisotopic (exact) mass is 356 g/mol. The number of hydrogen-bond acceptors (Lipinski definition) is 4. The van der Waals surface area contributed by atoms with E-state index in [0.717, 1.165) is 5.56 Å². The largest absolute Gasteiger partial charge is 0.481 e. The van der Waals surface area contributed by atoms with Crippen LogP contribution in [-0.2, 0) is 6.54 Å². The van der Waals surface area contributed by atoms with E-state index in [4.69, 9.17) is 4.74 Å². The Labute approximate surface area is 153 Å². The number of pyridine rings is 1. The van der Waals surface area contributed by atoms with Crippen LogP contribution >= 0.6 is 0 Å². The zero-order valence-corrected chi connectivity index (χ0v) is 15.2. The van der Waals surface area contributed by atoms with Gasteiger partial charge in [-0.05, 0) is 41.8 Å². The van der Waals surface area contributed by atoms with Crippen LogP contribution < -0.4 is 20.7 Å². The summed E-state index contributed by atoms with van der Waals surface area (Å²) in [6, 6.07) is 9.97. The summed E-state index contributed by atoms with van der Waals surface area (Å²) in [4.78, 5) is 28.0. The second-order valence-electron chi connectivity index (χ2n) is 6.20. The van der Waals surface area contributed by atoms with Crippen molar-refractivity contribution in [1.29, 1.82) is 0 Å². The number of carbonyl (C=O) groups excluding carboxylic acids is 2. The van der Waals surface area contributed by atoms with Crippen LogP contribution in [0.2, 0.25) is 0 Å². The van der Waals surface area contributed by atoms with E-state index in [2.05, 4.69) is 20.9 Å². The first-order chi connectivity index (χ1) is 12.5. The van der Waals surface area contributed by atoms with E-state index >= 15 is 0 Å². The lowest BCUT2D eigenvalue weighted by Crippen LogP contribution is -2.28. The fourth-order valence-corrected chi connectivity index (χ4v) is 2.13. The van der Waals surface area contributed by atoms with Crippen molar-refractivity contribution in [1.82, 2.24) is 15.6 Å². The second kappa shape index (κ2) is 9.41. The van der Waals surface area contributed by atoms with Crippen molar-refractivity contribution >= 4 is 17.6 Å². The van der Waals surface area contributed by atoms with E-state index in [1.54, 1.807) is 49.7 Å². The van der Waals surface area contributed by atoms with Gasteiger partial charge in [-0.1, -0.05) is 13.8 Å². The molecule has 1 aromatic heterocycles. The number of nitrogens with one attached hydrogen (secondary N) is 3. The minimum absolute atomic E-state index is 0.124. The van der Waals surface area contributed by atoms with Crippen molar-refractivity contribution in [2.75, 3.05) is 19.0 Å². The van der Waals surface area contributed by atoms with E-state index in [9.17, 15) is 9.59 Å². The van der Waals surface area contributed by atoms with Crippen LogP contribution in [0.15, 0.2) is 42.6 Å². The molecule has 3 N–H and O–H groups in total. The van der Waals surface area contributed by atoms with E-state index < -0.39 is 0 Å². The van der Waals surface area contributed by atoms with Crippen molar-refractivity contribution in [2.45, 2.75) is 20.4 Å². The summed E-state index contributed by atoms with van der Waals surface area (Å²) in [5.74, 6) is 0.765. The van der Waals surface area contributed by atoms with Gasteiger partial charge in [0.1, 0.15) is 0 Å². The molecule has 0 saturated heterocycles. The predicted octanol–water partition coefficient (Wildman–Crippen LogP) is 2.80. The number of nitrogens with zero attached hydrogens (tertiary/aromatic N) is 1. The normalized spacial score (nSPS) is 10.3. The fraction of sp³-hybridized carbons (Fsp3) is 0.316. The Morgan fingerprint density at radius 2 is 1.85 bits per heavy atom. The van der Waals surface area contributed by atoms with E-state index in [-0.39, 0.29) is 11.9 Å². The highest BCUT2D eigenvalue weighted by Gasteiger charge is 2.07. The van der Waals surface area contributed by atoms with Crippen LogP contribution in [0.4, 0.5) is 10.5 Å². The number of urea groups is 1. The number of anilines is 1. The number of amides is 3. The molecule has 7 heteroatoms. The molecule has 0 saturated carbocycles. The lowest BCUT2D eigenvalue weighted by Gasteiger charge is -2.10. The van der Waals surface area contributed by atoms with Gasteiger partial charge in [-0.25, -0.2) is 9.78 Å². The predicted molar refractivity (Wildman–Crippen MR) is 100 cm³/mol. The van der Waals surface area contributed by atoms with E-state index in [1.807, 2.05) is 13.8 Å². The number of ether oxygens (including phenoxy) is 1. The molecule has 0 fully saturated rings. The van der Waals surface area contributed by atoms with Crippen LogP contribution in [0, 0.1) is 5.92 Å². The van der Waals surface area contributed by atoms with Gasteiger partial charge in [0.05, 0.1) is 7.11 Å². The van der Waals surface area contributed by atoms with Gasteiger partial charge in [0.2, 0.25) is 5.88 Å². The molecule has 0 radical (unpaired) electrons. The molecule has 7 nitrogen and oxygen atoms in total. The molecule has 2 aromatic rings. The zero-order valence-electron chi connectivity index (χ0n) is 15.2. The average molecular weight is 356 g/mol. The van der Waals surface area contributed by atoms with Crippen LogP contribution in [0.1, 0.15) is 29.8 Å². The topological polar surface area (TPSA) is 92.4 Å². The smallest absolute Gasteiger partial charge is 0.319 e. The molecule has 0 aliphatic carbocycles. The first kappa shape index (κ1) is 19.2. The number of aromatic nitrogens is 1. The van der Waals surface area contributed by atoms with Crippen molar-refractivity contribution in [2.24, 2.45) is 5.92 Å². The highest BCUT2D eigenvalue weighted by Crippen LogP contribution is 2.11. The summed E-state index contributed by atoms with van der Waals surface area (Å²) in [7, 11) is 1.54. The fourth-order valence-electron chi connectivity index (χ4n) is 2.13. The Morgan fingerprint density at radius 3 is 2.50 bits per heavy atom. The molecule has 0 bridgehead atoms. The third-order valence-electron chi connectivity index (χ3n) is 3.54. The Bertz CT molecular complexity index is 745. The maximum absolute atomic E-state index is 12.0. The summed E-state index contributed by atoms with van der Waals surface area (Å²) in [6.45, 7) is 5.04. The van der Waals surface area contributed by atoms with Gasteiger partial charge < -0.3 is 20.7 Å². The van der Waals surface area contributed by atoms with Crippen LogP contribution in [-0.4, -0.2) is 30.6 Å². The maximum Gasteiger partial charge on any atom is 0.319 e. The molecule has 1 aromatic carbocycles. The summed E-state index contributed by atoms with van der Waals surface area (Å²) in [6.07, 6.45) is 1.62. The van der Waals surface area contributed by atoms with E-state index in [1.165, 1.54) is 0 Å². The van der Waals surface area contributed by atoms with Gasteiger partial charge in [0, 0.05) is 36.6 Å². The van der Waals surface area contributed by atoms with Crippen molar-refractivity contribution in [3.63, 3.8) is 0 Å². The highest BCUT2D eigenvalue weighted by molar-refractivity contribution is 5.95. The molecule has 0 aliphatic heterocycles. The van der Waals surface area contributed by atoms with Crippen molar-refractivity contribution in [3.05, 3.63) is 53.7 Å². The van der Waals surface area contributed by atoms with Crippen molar-refractivity contribution < 1.29 is 14.3 Å². The second-order valence-corrected chi connectivity index (χ2v) is 6.20. The molecule has 3 amide bonds. The Balaban J connectivity index is 1.84. The van der Waals surface area contributed by atoms with Gasteiger partial charge in [0.15, 0.2) is 0 Å². The first-order valence-electron chi connectivity index (χ1n) is 8.40. The molecule has 0 unspecified atom stereocenters. The number of methoxy groups -OCH3 is 1. The lowest BCUT2D eigenvalue weighted by molar-refractivity contribution is 0.0949. The van der Waals surface area contributed by atoms with Crippen LogP contribution in [0.25, 0.3) is 0 Å². The number of carbonyl (C=O) groups is 2. The van der Waals surface area contributed by atoms with Crippen molar-refractivity contribution in [3.8, 4) is 5.88 Å². The first-order valence-corrected chi connectivity index (χ1v) is 8.40. The maximum atomic E-state index is 12.0. The molecular formula is C19H24N4O3. The lowest BCUT2D eigenvalue weighted by atomic mass is 10.1. The molecule has 0 spiro atoms. The summed E-state index contributed by atoms with van der Waals surface area (Å²) < 4.78 is 5.05. The quantitative estimate of drug-likeness (QED) is 0.711. The minimum atomic E-state index is -0.335. The zero-order chi connectivity index (χ0) is 18.9. The van der Waals surface area contributed by atoms with Crippen LogP contribution in [0.3, 0.4) is 0 Å². The average Bonchev–Trinajstić information content (AvgIpc) is 2.65. The Kier molecular flexibility index (Phi) is 6.96. The Hall–Kier alpha value is -3.09. The van der Waals surface area contributed by atoms with Crippen LogP contribution in [0.5, 0.6) is 5.88 Å². The summed E-state index contributed by atoms with van der Waals surface area (Å²) in [5, 5.41) is 8.34. The molecule has 0 aliphatic rings. The summed E-state index contributed by atoms with van der Waals surface area (Å²) in [5.41, 5.74) is 2.04.